The fourth-order valence-corrected chi connectivity index (χ4v) is 2.80. The maximum Gasteiger partial charge on any atom is 0.155 e. The monoisotopic (exact) mass is 308 g/mol. The SMILES string of the molecule is CCCCCCCCCCCC(=O)C(Cl)c1ccccc1. The molecule has 21 heavy (non-hydrogen) atoms. The fourth-order valence-electron chi connectivity index (χ4n) is 2.54. The number of carbonyl (C=O) groups is 1. The summed E-state index contributed by atoms with van der Waals surface area (Å²) >= 11 is 6.22. The number of unbranched alkanes of at least 4 members (excludes halogenated alkanes) is 8. The molecule has 0 heterocycles. The van der Waals surface area contributed by atoms with E-state index in [-0.39, 0.29) is 5.78 Å². The predicted octanol–water partition coefficient (Wildman–Crippen LogP) is 6.46. The van der Waals surface area contributed by atoms with Gasteiger partial charge in [-0.25, -0.2) is 0 Å². The highest BCUT2D eigenvalue weighted by molar-refractivity contribution is 6.31. The molecule has 0 N–H and O–H groups in total. The molecule has 2 heteroatoms. The molecule has 1 rings (SSSR count). The van der Waals surface area contributed by atoms with Crippen LogP contribution in [0.1, 0.15) is 82.1 Å². The second-order valence-corrected chi connectivity index (χ2v) is 6.25. The number of rotatable bonds is 12. The van der Waals surface area contributed by atoms with E-state index in [9.17, 15) is 4.79 Å². The molecule has 0 aliphatic rings. The van der Waals surface area contributed by atoms with Gasteiger partial charge in [0, 0.05) is 6.42 Å². The first-order valence-electron chi connectivity index (χ1n) is 8.47. The number of hydrogen-bond donors (Lipinski definition) is 0. The van der Waals surface area contributed by atoms with E-state index < -0.39 is 5.38 Å². The summed E-state index contributed by atoms with van der Waals surface area (Å²) < 4.78 is 0. The van der Waals surface area contributed by atoms with Gasteiger partial charge < -0.3 is 0 Å². The first kappa shape index (κ1) is 18.2. The maximum atomic E-state index is 12.0. The van der Waals surface area contributed by atoms with Crippen LogP contribution in [0, 0.1) is 0 Å². The van der Waals surface area contributed by atoms with Crippen molar-refractivity contribution in [3.63, 3.8) is 0 Å². The van der Waals surface area contributed by atoms with Crippen LogP contribution >= 0.6 is 11.6 Å². The zero-order chi connectivity index (χ0) is 15.3. The highest BCUT2D eigenvalue weighted by Gasteiger charge is 2.16. The Bertz CT molecular complexity index is 374. The molecule has 0 aromatic heterocycles. The molecule has 0 aliphatic heterocycles. The van der Waals surface area contributed by atoms with Crippen LogP contribution in [0.4, 0.5) is 0 Å². The zero-order valence-corrected chi connectivity index (χ0v) is 14.1. The van der Waals surface area contributed by atoms with Gasteiger partial charge in [-0.3, -0.25) is 4.79 Å². The lowest BCUT2D eigenvalue weighted by Crippen LogP contribution is -2.06. The zero-order valence-electron chi connectivity index (χ0n) is 13.3. The summed E-state index contributed by atoms with van der Waals surface area (Å²) in [6, 6.07) is 9.64. The Morgan fingerprint density at radius 2 is 1.43 bits per heavy atom. The van der Waals surface area contributed by atoms with Crippen molar-refractivity contribution in [1.82, 2.24) is 0 Å². The van der Waals surface area contributed by atoms with Crippen LogP contribution in [-0.2, 0) is 4.79 Å². The third kappa shape index (κ3) is 8.26. The summed E-state index contributed by atoms with van der Waals surface area (Å²) in [6.45, 7) is 2.25. The van der Waals surface area contributed by atoms with Crippen molar-refractivity contribution in [1.29, 1.82) is 0 Å². The number of ketones is 1. The molecule has 1 atom stereocenters. The summed E-state index contributed by atoms with van der Waals surface area (Å²) in [5.41, 5.74) is 0.917. The third-order valence-corrected chi connectivity index (χ3v) is 4.40. The summed E-state index contributed by atoms with van der Waals surface area (Å²) in [6.07, 6.45) is 12.0. The Labute approximate surface area is 135 Å². The molecule has 0 bridgehead atoms. The topological polar surface area (TPSA) is 17.1 Å². The standard InChI is InChI=1S/C19H29ClO/c1-2-3-4-5-6-7-8-9-13-16-18(21)19(20)17-14-11-10-12-15-17/h10-12,14-15,19H,2-9,13,16H2,1H3. The van der Waals surface area contributed by atoms with Crippen LogP contribution < -0.4 is 0 Å². The molecule has 0 saturated carbocycles. The second kappa shape index (κ2) is 11.8. The average molecular weight is 309 g/mol. The summed E-state index contributed by atoms with van der Waals surface area (Å²) in [7, 11) is 0. The molecule has 0 spiro atoms. The van der Waals surface area contributed by atoms with Crippen molar-refractivity contribution in [2.24, 2.45) is 0 Å². The minimum atomic E-state index is -0.472. The van der Waals surface area contributed by atoms with Crippen LogP contribution in [0.25, 0.3) is 0 Å². The molecule has 0 radical (unpaired) electrons. The van der Waals surface area contributed by atoms with Crippen LogP contribution in [0.5, 0.6) is 0 Å². The van der Waals surface area contributed by atoms with Gasteiger partial charge in [0.05, 0.1) is 0 Å². The first-order valence-corrected chi connectivity index (χ1v) is 8.91. The average Bonchev–Trinajstić information content (AvgIpc) is 2.53. The van der Waals surface area contributed by atoms with Gasteiger partial charge in [-0.15, -0.1) is 11.6 Å². The molecule has 0 fully saturated rings. The highest BCUT2D eigenvalue weighted by atomic mass is 35.5. The van der Waals surface area contributed by atoms with Gasteiger partial charge >= 0.3 is 0 Å². The lowest BCUT2D eigenvalue weighted by atomic mass is 10.0. The van der Waals surface area contributed by atoms with Gasteiger partial charge in [0.2, 0.25) is 0 Å². The van der Waals surface area contributed by atoms with E-state index in [2.05, 4.69) is 6.92 Å². The molecular formula is C19H29ClO. The van der Waals surface area contributed by atoms with Crippen molar-refractivity contribution >= 4 is 17.4 Å². The van der Waals surface area contributed by atoms with Crippen molar-refractivity contribution in [3.8, 4) is 0 Å². The molecule has 0 saturated heterocycles. The molecule has 1 nitrogen and oxygen atoms in total. The van der Waals surface area contributed by atoms with E-state index in [1.165, 1.54) is 44.9 Å². The minimum Gasteiger partial charge on any atom is -0.298 e. The van der Waals surface area contributed by atoms with Crippen molar-refractivity contribution < 1.29 is 4.79 Å². The Morgan fingerprint density at radius 3 is 2.00 bits per heavy atom. The Balaban J connectivity index is 2.03. The number of alkyl halides is 1. The molecule has 0 aliphatic carbocycles. The molecule has 0 amide bonds. The third-order valence-electron chi connectivity index (χ3n) is 3.90. The maximum absolute atomic E-state index is 12.0. The first-order chi connectivity index (χ1) is 10.3. The van der Waals surface area contributed by atoms with E-state index in [1.807, 2.05) is 30.3 Å². The second-order valence-electron chi connectivity index (χ2n) is 5.82. The molecular weight excluding hydrogens is 280 g/mol. The quantitative estimate of drug-likeness (QED) is 0.320. The Morgan fingerprint density at radius 1 is 0.905 bits per heavy atom. The van der Waals surface area contributed by atoms with E-state index >= 15 is 0 Å². The fraction of sp³-hybridized carbons (Fsp3) is 0.632. The normalized spacial score (nSPS) is 12.3. The molecule has 1 unspecified atom stereocenters. The van der Waals surface area contributed by atoms with Gasteiger partial charge in [-0.2, -0.15) is 0 Å². The van der Waals surface area contributed by atoms with Crippen LogP contribution in [-0.4, -0.2) is 5.78 Å². The number of halogens is 1. The van der Waals surface area contributed by atoms with E-state index in [1.54, 1.807) is 0 Å². The predicted molar refractivity (Wildman–Crippen MR) is 91.9 cm³/mol. The summed E-state index contributed by atoms with van der Waals surface area (Å²) in [5.74, 6) is 0.158. The van der Waals surface area contributed by atoms with Crippen molar-refractivity contribution in [2.75, 3.05) is 0 Å². The lowest BCUT2D eigenvalue weighted by Gasteiger charge is -2.08. The molecule has 1 aromatic carbocycles. The smallest absolute Gasteiger partial charge is 0.155 e. The van der Waals surface area contributed by atoms with Crippen LogP contribution in [0.15, 0.2) is 30.3 Å². The Hall–Kier alpha value is -0.820. The van der Waals surface area contributed by atoms with E-state index in [0.29, 0.717) is 6.42 Å². The number of hydrogen-bond acceptors (Lipinski definition) is 1. The number of carbonyl (C=O) groups excluding carboxylic acids is 1. The van der Waals surface area contributed by atoms with Gasteiger partial charge in [0.25, 0.3) is 0 Å². The van der Waals surface area contributed by atoms with Gasteiger partial charge in [-0.1, -0.05) is 88.6 Å². The van der Waals surface area contributed by atoms with E-state index in [4.69, 9.17) is 11.6 Å². The molecule has 118 valence electrons. The van der Waals surface area contributed by atoms with Crippen LogP contribution in [0.2, 0.25) is 0 Å². The van der Waals surface area contributed by atoms with E-state index in [0.717, 1.165) is 18.4 Å². The van der Waals surface area contributed by atoms with Crippen molar-refractivity contribution in [2.45, 2.75) is 76.5 Å². The molecule has 1 aromatic rings. The largest absolute Gasteiger partial charge is 0.298 e. The minimum absolute atomic E-state index is 0.158. The van der Waals surface area contributed by atoms with Crippen LogP contribution in [0.3, 0.4) is 0 Å². The van der Waals surface area contributed by atoms with Gasteiger partial charge in [-0.05, 0) is 12.0 Å². The Kier molecular flexibility index (Phi) is 10.2. The van der Waals surface area contributed by atoms with Crippen molar-refractivity contribution in [3.05, 3.63) is 35.9 Å². The van der Waals surface area contributed by atoms with Gasteiger partial charge in [0.15, 0.2) is 5.78 Å². The summed E-state index contributed by atoms with van der Waals surface area (Å²) in [5, 5.41) is -0.472. The highest BCUT2D eigenvalue weighted by Crippen LogP contribution is 2.23. The van der Waals surface area contributed by atoms with Gasteiger partial charge in [0.1, 0.15) is 5.38 Å². The number of Topliss-reactive ketones (excluding diaryl/α,β-unsaturated/α-hetero) is 1. The lowest BCUT2D eigenvalue weighted by molar-refractivity contribution is -0.118. The number of benzene rings is 1. The summed E-state index contributed by atoms with van der Waals surface area (Å²) in [4.78, 5) is 12.0.